The molecule has 0 saturated carbocycles. The smallest absolute Gasteiger partial charge is 0.253 e. The maximum Gasteiger partial charge on any atom is 0.253 e. The molecule has 94 valence electrons. The average molecular weight is 347 g/mol. The van der Waals surface area contributed by atoms with Gasteiger partial charge in [-0.3, -0.25) is 4.79 Å². The number of rotatable bonds is 4. The number of aromatic nitrogens is 2. The minimum absolute atomic E-state index is 0.0594. The molecule has 1 rings (SSSR count). The largest absolute Gasteiger partial charge is 0.348 e. The molecule has 0 saturated heterocycles. The molecule has 0 bridgehead atoms. The van der Waals surface area contributed by atoms with Gasteiger partial charge in [-0.15, -0.1) is 0 Å². The number of nitrogens with one attached hydrogen (secondary N) is 1. The van der Waals surface area contributed by atoms with E-state index in [1.54, 1.807) is 13.0 Å². The standard InChI is InChI=1S/C12H18IN3O/c1-7(2)11(6-13)14-12(17)10-5-8(3)15-16-9(10)4/h5,7,11H,6H2,1-4H3,(H,14,17). The van der Waals surface area contributed by atoms with Gasteiger partial charge in [-0.2, -0.15) is 10.2 Å². The van der Waals surface area contributed by atoms with Crippen molar-refractivity contribution in [2.24, 2.45) is 5.92 Å². The van der Waals surface area contributed by atoms with Crippen molar-refractivity contribution in [1.82, 2.24) is 15.5 Å². The first-order valence-corrected chi connectivity index (χ1v) is 7.16. The topological polar surface area (TPSA) is 54.9 Å². The summed E-state index contributed by atoms with van der Waals surface area (Å²) in [6.45, 7) is 7.84. The molecule has 0 aliphatic rings. The van der Waals surface area contributed by atoms with E-state index in [1.165, 1.54) is 0 Å². The molecule has 0 fully saturated rings. The van der Waals surface area contributed by atoms with Crippen LogP contribution in [0.4, 0.5) is 0 Å². The van der Waals surface area contributed by atoms with Gasteiger partial charge < -0.3 is 5.32 Å². The second-order valence-corrected chi connectivity index (χ2v) is 5.34. The van der Waals surface area contributed by atoms with Crippen LogP contribution in [0.15, 0.2) is 6.07 Å². The molecular weight excluding hydrogens is 329 g/mol. The number of alkyl halides is 1. The number of aryl methyl sites for hydroxylation is 2. The minimum atomic E-state index is -0.0594. The summed E-state index contributed by atoms with van der Waals surface area (Å²) in [5, 5.41) is 10.9. The maximum atomic E-state index is 12.1. The Morgan fingerprint density at radius 3 is 2.59 bits per heavy atom. The van der Waals surface area contributed by atoms with Gasteiger partial charge in [0.05, 0.1) is 17.0 Å². The van der Waals surface area contributed by atoms with E-state index in [-0.39, 0.29) is 11.9 Å². The van der Waals surface area contributed by atoms with Crippen molar-refractivity contribution in [3.05, 3.63) is 23.0 Å². The first-order chi connectivity index (χ1) is 7.95. The predicted octanol–water partition coefficient (Wildman–Crippen LogP) is 2.28. The van der Waals surface area contributed by atoms with Crippen LogP contribution in [0.25, 0.3) is 0 Å². The van der Waals surface area contributed by atoms with Gasteiger partial charge >= 0.3 is 0 Å². The summed E-state index contributed by atoms with van der Waals surface area (Å²) in [5.41, 5.74) is 2.05. The molecule has 1 atom stereocenters. The molecule has 1 aromatic rings. The fourth-order valence-corrected chi connectivity index (χ4v) is 2.65. The fraction of sp³-hybridized carbons (Fsp3) is 0.583. The van der Waals surface area contributed by atoms with E-state index in [0.29, 0.717) is 17.2 Å². The lowest BCUT2D eigenvalue weighted by Gasteiger charge is -2.20. The lowest BCUT2D eigenvalue weighted by Crippen LogP contribution is -2.40. The van der Waals surface area contributed by atoms with Crippen molar-refractivity contribution in [3.63, 3.8) is 0 Å². The number of carbonyl (C=O) groups excluding carboxylic acids is 1. The number of hydrogen-bond donors (Lipinski definition) is 1. The zero-order chi connectivity index (χ0) is 13.0. The van der Waals surface area contributed by atoms with Gasteiger partial charge in [-0.1, -0.05) is 36.4 Å². The summed E-state index contributed by atoms with van der Waals surface area (Å²) in [6, 6.07) is 1.97. The maximum absolute atomic E-state index is 12.1. The van der Waals surface area contributed by atoms with E-state index in [0.717, 1.165) is 10.1 Å². The van der Waals surface area contributed by atoms with Gasteiger partial charge in [0.15, 0.2) is 0 Å². The monoisotopic (exact) mass is 347 g/mol. The van der Waals surface area contributed by atoms with Gasteiger partial charge in [0.1, 0.15) is 0 Å². The number of carbonyl (C=O) groups is 1. The Morgan fingerprint density at radius 1 is 1.41 bits per heavy atom. The van der Waals surface area contributed by atoms with Gasteiger partial charge in [-0.25, -0.2) is 0 Å². The van der Waals surface area contributed by atoms with Crippen molar-refractivity contribution in [2.75, 3.05) is 4.43 Å². The summed E-state index contributed by atoms with van der Waals surface area (Å²) in [5.74, 6) is 0.364. The normalized spacial score (nSPS) is 12.6. The number of nitrogens with zero attached hydrogens (tertiary/aromatic N) is 2. The highest BCUT2D eigenvalue weighted by Crippen LogP contribution is 2.09. The minimum Gasteiger partial charge on any atom is -0.348 e. The molecule has 1 aromatic heterocycles. The van der Waals surface area contributed by atoms with Crippen LogP contribution >= 0.6 is 22.6 Å². The molecule has 1 amide bonds. The summed E-state index contributed by atoms with van der Waals surface area (Å²) >= 11 is 2.29. The zero-order valence-corrected chi connectivity index (χ0v) is 12.8. The summed E-state index contributed by atoms with van der Waals surface area (Å²) in [4.78, 5) is 12.1. The lowest BCUT2D eigenvalue weighted by molar-refractivity contribution is 0.0930. The van der Waals surface area contributed by atoms with Gasteiger partial charge in [0.25, 0.3) is 5.91 Å². The molecule has 17 heavy (non-hydrogen) atoms. The van der Waals surface area contributed by atoms with Crippen LogP contribution in [0.5, 0.6) is 0 Å². The van der Waals surface area contributed by atoms with Crippen molar-refractivity contribution < 1.29 is 4.79 Å². The highest BCUT2D eigenvalue weighted by atomic mass is 127. The Bertz CT molecular complexity index is 407. The first kappa shape index (κ1) is 14.3. The molecule has 0 aliphatic heterocycles. The molecule has 0 aliphatic carbocycles. The molecule has 1 unspecified atom stereocenters. The van der Waals surface area contributed by atoms with Crippen LogP contribution in [0.2, 0.25) is 0 Å². The van der Waals surface area contributed by atoms with Crippen LogP contribution in [0.1, 0.15) is 35.6 Å². The van der Waals surface area contributed by atoms with Crippen LogP contribution in [-0.4, -0.2) is 26.6 Å². The molecule has 1 N–H and O–H groups in total. The summed E-state index contributed by atoms with van der Waals surface area (Å²) < 4.78 is 0.901. The van der Waals surface area contributed by atoms with E-state index in [4.69, 9.17) is 0 Å². The third-order valence-corrected chi connectivity index (χ3v) is 3.58. The van der Waals surface area contributed by atoms with Crippen LogP contribution in [-0.2, 0) is 0 Å². The van der Waals surface area contributed by atoms with E-state index >= 15 is 0 Å². The molecule has 4 nitrogen and oxygen atoms in total. The quantitative estimate of drug-likeness (QED) is 0.672. The van der Waals surface area contributed by atoms with E-state index in [1.807, 2.05) is 6.92 Å². The Balaban J connectivity index is 2.86. The van der Waals surface area contributed by atoms with E-state index < -0.39 is 0 Å². The van der Waals surface area contributed by atoms with Gasteiger partial charge in [0.2, 0.25) is 0 Å². The number of halogens is 1. The van der Waals surface area contributed by atoms with Crippen LogP contribution in [0, 0.1) is 19.8 Å². The first-order valence-electron chi connectivity index (χ1n) is 5.63. The lowest BCUT2D eigenvalue weighted by atomic mass is 10.1. The molecular formula is C12H18IN3O. The van der Waals surface area contributed by atoms with Crippen molar-refractivity contribution >= 4 is 28.5 Å². The predicted molar refractivity (Wildman–Crippen MR) is 76.5 cm³/mol. The SMILES string of the molecule is Cc1cc(C(=O)NC(CI)C(C)C)c(C)nn1. The Labute approximate surface area is 116 Å². The Hall–Kier alpha value is -0.720. The summed E-state index contributed by atoms with van der Waals surface area (Å²) in [7, 11) is 0. The Morgan fingerprint density at radius 2 is 2.06 bits per heavy atom. The second-order valence-electron chi connectivity index (χ2n) is 4.46. The summed E-state index contributed by atoms with van der Waals surface area (Å²) in [6.07, 6.45) is 0. The molecule has 0 aromatic carbocycles. The Kier molecular flexibility index (Phi) is 5.30. The van der Waals surface area contributed by atoms with Crippen molar-refractivity contribution in [1.29, 1.82) is 0 Å². The average Bonchev–Trinajstić information content (AvgIpc) is 2.28. The highest BCUT2D eigenvalue weighted by molar-refractivity contribution is 14.1. The van der Waals surface area contributed by atoms with Gasteiger partial charge in [-0.05, 0) is 25.8 Å². The van der Waals surface area contributed by atoms with Crippen LogP contribution in [0.3, 0.4) is 0 Å². The van der Waals surface area contributed by atoms with Gasteiger partial charge in [0, 0.05) is 10.5 Å². The number of amides is 1. The molecule has 0 spiro atoms. The molecule has 1 heterocycles. The fourth-order valence-electron chi connectivity index (χ4n) is 1.41. The van der Waals surface area contributed by atoms with Crippen molar-refractivity contribution in [2.45, 2.75) is 33.7 Å². The highest BCUT2D eigenvalue weighted by Gasteiger charge is 2.17. The zero-order valence-electron chi connectivity index (χ0n) is 10.6. The third kappa shape index (κ3) is 3.90. The number of hydrogen-bond acceptors (Lipinski definition) is 3. The van der Waals surface area contributed by atoms with Crippen molar-refractivity contribution in [3.8, 4) is 0 Å². The van der Waals surface area contributed by atoms with Crippen LogP contribution < -0.4 is 5.32 Å². The third-order valence-electron chi connectivity index (χ3n) is 2.63. The molecule has 5 heteroatoms. The second kappa shape index (κ2) is 6.28. The molecule has 0 radical (unpaired) electrons. The van der Waals surface area contributed by atoms with E-state index in [9.17, 15) is 4.79 Å². The van der Waals surface area contributed by atoms with E-state index in [2.05, 4.69) is 52.0 Å².